The zero-order valence-electron chi connectivity index (χ0n) is 20.1. The number of likely N-dealkylation sites (tertiary alicyclic amines) is 2. The maximum absolute atomic E-state index is 13.7. The molecule has 4 fully saturated rings. The topological polar surface area (TPSA) is 133 Å². The summed E-state index contributed by atoms with van der Waals surface area (Å²) in [6.45, 7) is 0.360. The molecule has 5 rings (SSSR count). The van der Waals surface area contributed by atoms with Gasteiger partial charge in [-0.3, -0.25) is 24.1 Å². The average molecular weight is 498 g/mol. The number of hydrogen-bond donors (Lipinski definition) is 2. The van der Waals surface area contributed by atoms with E-state index >= 15 is 0 Å². The van der Waals surface area contributed by atoms with Crippen LogP contribution in [-0.2, 0) is 30.5 Å². The molecule has 2 saturated carbocycles. The Morgan fingerprint density at radius 3 is 2.44 bits per heavy atom. The van der Waals surface area contributed by atoms with E-state index in [9.17, 15) is 29.1 Å². The van der Waals surface area contributed by atoms with Gasteiger partial charge in [0.15, 0.2) is 0 Å². The molecule has 1 aromatic rings. The van der Waals surface area contributed by atoms with Crippen LogP contribution < -0.4 is 5.32 Å². The zero-order valence-corrected chi connectivity index (χ0v) is 20.1. The second kappa shape index (κ2) is 9.55. The molecule has 36 heavy (non-hydrogen) atoms. The molecule has 1 spiro atoms. The Bertz CT molecular complexity index is 1070. The van der Waals surface area contributed by atoms with Crippen molar-refractivity contribution in [3.05, 3.63) is 35.9 Å². The lowest BCUT2D eigenvalue weighted by atomic mass is 9.64. The van der Waals surface area contributed by atoms with Gasteiger partial charge in [-0.05, 0) is 44.1 Å². The van der Waals surface area contributed by atoms with Gasteiger partial charge in [0.1, 0.15) is 12.6 Å². The largest absolute Gasteiger partial charge is 0.481 e. The number of ether oxygens (including phenoxy) is 1. The van der Waals surface area contributed by atoms with Crippen LogP contribution in [0.4, 0.5) is 4.79 Å². The quantitative estimate of drug-likeness (QED) is 0.525. The normalized spacial score (nSPS) is 24.7. The molecule has 4 amide bonds. The molecule has 2 aliphatic carbocycles. The molecule has 3 atom stereocenters. The lowest BCUT2D eigenvalue weighted by Gasteiger charge is -2.44. The average Bonchev–Trinajstić information content (AvgIpc) is 3.55. The molecule has 1 aromatic carbocycles. The maximum Gasteiger partial charge on any atom is 0.408 e. The fraction of sp³-hybridized carbons (Fsp3) is 0.577. The number of aliphatic carboxylic acids is 1. The zero-order chi connectivity index (χ0) is 25.4. The number of benzene rings is 1. The van der Waals surface area contributed by atoms with E-state index in [0.717, 1.165) is 24.8 Å². The third kappa shape index (κ3) is 4.33. The van der Waals surface area contributed by atoms with Crippen LogP contribution in [0.1, 0.15) is 56.9 Å². The summed E-state index contributed by atoms with van der Waals surface area (Å²) in [4.78, 5) is 67.0. The predicted octanol–water partition coefficient (Wildman–Crippen LogP) is 2.06. The summed E-state index contributed by atoms with van der Waals surface area (Å²) in [5.41, 5.74) is 0.0206. The van der Waals surface area contributed by atoms with Crippen LogP contribution in [0.15, 0.2) is 30.3 Å². The maximum atomic E-state index is 13.7. The molecule has 2 heterocycles. The van der Waals surface area contributed by atoms with Gasteiger partial charge in [-0.15, -0.1) is 0 Å². The van der Waals surface area contributed by atoms with Gasteiger partial charge in [0, 0.05) is 18.9 Å². The molecule has 2 saturated heterocycles. The molecule has 2 aliphatic heterocycles. The van der Waals surface area contributed by atoms with Crippen molar-refractivity contribution in [2.75, 3.05) is 6.54 Å². The molecule has 0 unspecified atom stereocenters. The van der Waals surface area contributed by atoms with Gasteiger partial charge in [-0.2, -0.15) is 0 Å². The second-order valence-electron chi connectivity index (χ2n) is 10.3. The van der Waals surface area contributed by atoms with Crippen molar-refractivity contribution in [2.24, 2.45) is 11.3 Å². The summed E-state index contributed by atoms with van der Waals surface area (Å²) < 4.78 is 5.26. The molecule has 192 valence electrons. The lowest BCUT2D eigenvalue weighted by Crippen LogP contribution is -2.57. The summed E-state index contributed by atoms with van der Waals surface area (Å²) in [7, 11) is 0. The SMILES string of the molecule is O=C(O)CC[C@H](NC(=O)OCc1ccccc1)C(=O)N1CC[C@H]2[C@H]1C1(CCC1)C(=O)N2C(=O)C1CC1. The smallest absolute Gasteiger partial charge is 0.408 e. The first-order valence-electron chi connectivity index (χ1n) is 12.7. The van der Waals surface area contributed by atoms with Crippen LogP contribution in [0.2, 0.25) is 0 Å². The van der Waals surface area contributed by atoms with Gasteiger partial charge in [-0.25, -0.2) is 4.79 Å². The monoisotopic (exact) mass is 497 g/mol. The summed E-state index contributed by atoms with van der Waals surface area (Å²) in [5, 5.41) is 11.8. The number of hydrogen-bond acceptors (Lipinski definition) is 6. The van der Waals surface area contributed by atoms with E-state index in [0.29, 0.717) is 25.8 Å². The number of carboxylic acids is 1. The number of carbonyl (C=O) groups is 5. The number of carboxylic acid groups (broad SMARTS) is 1. The highest BCUT2D eigenvalue weighted by Gasteiger charge is 2.68. The molecule has 4 aliphatic rings. The Hall–Kier alpha value is -3.43. The van der Waals surface area contributed by atoms with E-state index in [1.807, 2.05) is 18.2 Å². The number of carbonyl (C=O) groups excluding carboxylic acids is 4. The van der Waals surface area contributed by atoms with Crippen LogP contribution in [0, 0.1) is 11.3 Å². The fourth-order valence-electron chi connectivity index (χ4n) is 5.97. The third-order valence-electron chi connectivity index (χ3n) is 8.05. The van der Waals surface area contributed by atoms with Crippen molar-refractivity contribution >= 4 is 29.8 Å². The predicted molar refractivity (Wildman–Crippen MR) is 125 cm³/mol. The van der Waals surface area contributed by atoms with Crippen molar-refractivity contribution in [2.45, 2.75) is 76.1 Å². The number of nitrogens with zero attached hydrogens (tertiary/aromatic N) is 2. The minimum Gasteiger partial charge on any atom is -0.481 e. The second-order valence-corrected chi connectivity index (χ2v) is 10.3. The first-order chi connectivity index (χ1) is 17.3. The first kappa shape index (κ1) is 24.3. The number of amides is 4. The summed E-state index contributed by atoms with van der Waals surface area (Å²) in [6, 6.07) is 7.16. The van der Waals surface area contributed by atoms with Gasteiger partial charge >= 0.3 is 12.1 Å². The van der Waals surface area contributed by atoms with Crippen molar-refractivity contribution in [1.29, 1.82) is 0 Å². The third-order valence-corrected chi connectivity index (χ3v) is 8.05. The summed E-state index contributed by atoms with van der Waals surface area (Å²) in [5.74, 6) is -1.91. The van der Waals surface area contributed by atoms with Crippen LogP contribution >= 0.6 is 0 Å². The Morgan fingerprint density at radius 1 is 1.11 bits per heavy atom. The minimum atomic E-state index is -1.11. The Kier molecular flexibility index (Phi) is 6.44. The van der Waals surface area contributed by atoms with Gasteiger partial charge in [-0.1, -0.05) is 36.8 Å². The van der Waals surface area contributed by atoms with Crippen LogP contribution in [0.3, 0.4) is 0 Å². The number of alkyl carbamates (subject to hydrolysis) is 1. The van der Waals surface area contributed by atoms with Crippen LogP contribution in [-0.4, -0.2) is 69.4 Å². The van der Waals surface area contributed by atoms with E-state index < -0.39 is 35.5 Å². The molecule has 0 aromatic heterocycles. The molecule has 0 bridgehead atoms. The van der Waals surface area contributed by atoms with E-state index in [1.54, 1.807) is 17.0 Å². The Morgan fingerprint density at radius 2 is 1.83 bits per heavy atom. The first-order valence-corrected chi connectivity index (χ1v) is 12.7. The van der Waals surface area contributed by atoms with Gasteiger partial charge in [0.05, 0.1) is 17.5 Å². The highest BCUT2D eigenvalue weighted by molar-refractivity contribution is 6.04. The lowest BCUT2D eigenvalue weighted by molar-refractivity contribution is -0.152. The van der Waals surface area contributed by atoms with Crippen molar-refractivity contribution in [3.63, 3.8) is 0 Å². The van der Waals surface area contributed by atoms with Gasteiger partial charge in [0.2, 0.25) is 17.7 Å². The summed E-state index contributed by atoms with van der Waals surface area (Å²) in [6.07, 6.45) is 2.95. The standard InChI is InChI=1S/C26H31N3O7/c30-20(31)10-9-18(27-25(35)36-15-16-5-2-1-3-6-16)23(33)28-14-11-19-21(28)26(12-4-13-26)24(34)29(19)22(32)17-7-8-17/h1-3,5-6,17-19,21H,4,7-15H2,(H,27,35)(H,30,31)/t18-,19-,21-/m0/s1. The van der Waals surface area contributed by atoms with Crippen molar-refractivity contribution < 1.29 is 33.8 Å². The number of imide groups is 1. The molecule has 2 N–H and O–H groups in total. The minimum absolute atomic E-state index is 0.0107. The Balaban J connectivity index is 1.32. The molecule has 10 nitrogen and oxygen atoms in total. The van der Waals surface area contributed by atoms with E-state index in [1.165, 1.54) is 4.90 Å². The van der Waals surface area contributed by atoms with Crippen molar-refractivity contribution in [1.82, 2.24) is 15.1 Å². The van der Waals surface area contributed by atoms with Crippen molar-refractivity contribution in [3.8, 4) is 0 Å². The molecular weight excluding hydrogens is 466 g/mol. The van der Waals surface area contributed by atoms with E-state index in [4.69, 9.17) is 4.74 Å². The number of fused-ring (bicyclic) bond motifs is 2. The molecule has 0 radical (unpaired) electrons. The summed E-state index contributed by atoms with van der Waals surface area (Å²) >= 11 is 0. The highest BCUT2D eigenvalue weighted by Crippen LogP contribution is 2.56. The molecule has 10 heteroatoms. The van der Waals surface area contributed by atoms with E-state index in [-0.39, 0.29) is 43.2 Å². The molecular formula is C26H31N3O7. The number of rotatable bonds is 8. The fourth-order valence-corrected chi connectivity index (χ4v) is 5.97. The van der Waals surface area contributed by atoms with E-state index in [2.05, 4.69) is 5.32 Å². The van der Waals surface area contributed by atoms with Gasteiger partial charge in [0.25, 0.3) is 0 Å². The highest BCUT2D eigenvalue weighted by atomic mass is 16.5. The van der Waals surface area contributed by atoms with Crippen LogP contribution in [0.5, 0.6) is 0 Å². The van der Waals surface area contributed by atoms with Crippen LogP contribution in [0.25, 0.3) is 0 Å². The Labute approximate surface area is 208 Å². The van der Waals surface area contributed by atoms with Gasteiger partial charge < -0.3 is 20.1 Å². The number of nitrogens with one attached hydrogen (secondary N) is 1.